The van der Waals surface area contributed by atoms with Crippen LogP contribution in [0.3, 0.4) is 0 Å². The van der Waals surface area contributed by atoms with Crippen LogP contribution < -0.4 is 0 Å². The van der Waals surface area contributed by atoms with Gasteiger partial charge in [-0.3, -0.25) is 4.79 Å². The van der Waals surface area contributed by atoms with E-state index in [1.807, 2.05) is 49.1 Å². The molecule has 5 nitrogen and oxygen atoms in total. The van der Waals surface area contributed by atoms with Gasteiger partial charge in [-0.15, -0.1) is 0 Å². The molecule has 0 spiro atoms. The highest BCUT2D eigenvalue weighted by atomic mass is 16.6. The van der Waals surface area contributed by atoms with Crippen LogP contribution in [0.15, 0.2) is 30.3 Å². The number of likely N-dealkylation sites (N-methyl/N-ethyl adjacent to an activating group) is 1. The van der Waals surface area contributed by atoms with E-state index in [-0.39, 0.29) is 24.1 Å². The molecule has 0 N–H and O–H groups in total. The Morgan fingerprint density at radius 2 is 2.05 bits per heavy atom. The third kappa shape index (κ3) is 4.23. The zero-order valence-electron chi connectivity index (χ0n) is 13.5. The highest BCUT2D eigenvalue weighted by molar-refractivity contribution is 5.76. The van der Waals surface area contributed by atoms with Gasteiger partial charge in [0.2, 0.25) is 5.91 Å². The van der Waals surface area contributed by atoms with Gasteiger partial charge in [0.1, 0.15) is 6.10 Å². The van der Waals surface area contributed by atoms with Gasteiger partial charge in [-0.2, -0.15) is 0 Å². The number of carbonyl (C=O) groups is 2. The summed E-state index contributed by atoms with van der Waals surface area (Å²) in [6.07, 6.45) is 0.499. The number of hydrogen-bond donors (Lipinski definition) is 0. The van der Waals surface area contributed by atoms with Crippen LogP contribution in [0, 0.1) is 0 Å². The predicted octanol–water partition coefficient (Wildman–Crippen LogP) is 2.65. The molecular weight excluding hydrogens is 280 g/mol. The van der Waals surface area contributed by atoms with E-state index in [4.69, 9.17) is 4.74 Å². The Labute approximate surface area is 131 Å². The zero-order chi connectivity index (χ0) is 16.1. The fourth-order valence-corrected chi connectivity index (χ4v) is 2.57. The minimum Gasteiger partial charge on any atom is -0.444 e. The molecule has 1 aromatic carbocycles. The third-order valence-electron chi connectivity index (χ3n) is 3.88. The van der Waals surface area contributed by atoms with Crippen LogP contribution >= 0.6 is 0 Å². The molecule has 1 aliphatic rings. The molecule has 1 aromatic rings. The monoisotopic (exact) mass is 304 g/mol. The average molecular weight is 304 g/mol. The number of cyclic esters (lactones) is 1. The van der Waals surface area contributed by atoms with Crippen molar-refractivity contribution in [3.63, 3.8) is 0 Å². The van der Waals surface area contributed by atoms with Crippen LogP contribution in [0.5, 0.6) is 0 Å². The fourth-order valence-electron chi connectivity index (χ4n) is 2.57. The van der Waals surface area contributed by atoms with E-state index in [0.29, 0.717) is 25.9 Å². The molecule has 0 bridgehead atoms. The fraction of sp³-hybridized carbons (Fsp3) is 0.529. The quantitative estimate of drug-likeness (QED) is 0.812. The van der Waals surface area contributed by atoms with Crippen molar-refractivity contribution in [1.29, 1.82) is 0 Å². The van der Waals surface area contributed by atoms with Gasteiger partial charge in [0.25, 0.3) is 0 Å². The van der Waals surface area contributed by atoms with Crippen LogP contribution in [0.1, 0.15) is 32.3 Å². The van der Waals surface area contributed by atoms with Crippen LogP contribution in [0.2, 0.25) is 0 Å². The molecule has 120 valence electrons. The zero-order valence-corrected chi connectivity index (χ0v) is 13.5. The van der Waals surface area contributed by atoms with Crippen LogP contribution in [-0.4, -0.2) is 47.5 Å². The van der Waals surface area contributed by atoms with E-state index >= 15 is 0 Å². The second kappa shape index (κ2) is 7.29. The van der Waals surface area contributed by atoms with Gasteiger partial charge in [-0.05, 0) is 25.8 Å². The van der Waals surface area contributed by atoms with Crippen molar-refractivity contribution in [2.45, 2.75) is 45.4 Å². The summed E-state index contributed by atoms with van der Waals surface area (Å²) in [4.78, 5) is 27.2. The lowest BCUT2D eigenvalue weighted by molar-refractivity contribution is -0.134. The van der Waals surface area contributed by atoms with Gasteiger partial charge < -0.3 is 14.5 Å². The molecule has 0 aromatic heterocycles. The number of hydrogen-bond acceptors (Lipinski definition) is 3. The topological polar surface area (TPSA) is 49.9 Å². The molecule has 5 heteroatoms. The van der Waals surface area contributed by atoms with E-state index in [1.165, 1.54) is 0 Å². The van der Waals surface area contributed by atoms with Crippen molar-refractivity contribution < 1.29 is 14.3 Å². The Morgan fingerprint density at radius 3 is 2.59 bits per heavy atom. The first kappa shape index (κ1) is 16.3. The van der Waals surface area contributed by atoms with Crippen molar-refractivity contribution in [3.05, 3.63) is 35.9 Å². The number of benzene rings is 1. The Morgan fingerprint density at radius 1 is 1.36 bits per heavy atom. The summed E-state index contributed by atoms with van der Waals surface area (Å²) in [5, 5.41) is 0. The largest absolute Gasteiger partial charge is 0.444 e. The lowest BCUT2D eigenvalue weighted by atomic mass is 10.1. The Bertz CT molecular complexity index is 516. The van der Waals surface area contributed by atoms with Gasteiger partial charge in [0.05, 0.1) is 6.54 Å². The standard InChI is InChI=1S/C17H24N2O3/c1-13(2)19(11-14-7-5-4-6-8-14)16(20)10-9-15-12-18(3)17(21)22-15/h4-8,13,15H,9-12H2,1-3H3. The molecule has 22 heavy (non-hydrogen) atoms. The van der Waals surface area contributed by atoms with Crippen LogP contribution in [0.4, 0.5) is 4.79 Å². The first-order valence-corrected chi connectivity index (χ1v) is 7.72. The van der Waals surface area contributed by atoms with Crippen LogP contribution in [0.25, 0.3) is 0 Å². The Kier molecular flexibility index (Phi) is 5.41. The number of nitrogens with zero attached hydrogens (tertiary/aromatic N) is 2. The Hall–Kier alpha value is -2.04. The van der Waals surface area contributed by atoms with E-state index < -0.39 is 0 Å². The minimum absolute atomic E-state index is 0.101. The second-order valence-corrected chi connectivity index (χ2v) is 6.03. The first-order chi connectivity index (χ1) is 10.5. The van der Waals surface area contributed by atoms with Crippen molar-refractivity contribution in [1.82, 2.24) is 9.80 Å². The van der Waals surface area contributed by atoms with Gasteiger partial charge in [-0.1, -0.05) is 30.3 Å². The van der Waals surface area contributed by atoms with Gasteiger partial charge in [-0.25, -0.2) is 4.79 Å². The number of amides is 2. The average Bonchev–Trinajstić information content (AvgIpc) is 2.82. The summed E-state index contributed by atoms with van der Waals surface area (Å²) >= 11 is 0. The van der Waals surface area contributed by atoms with Crippen molar-refractivity contribution in [2.24, 2.45) is 0 Å². The smallest absolute Gasteiger partial charge is 0.409 e. The summed E-state index contributed by atoms with van der Waals surface area (Å²) in [5.74, 6) is 0.101. The maximum atomic E-state index is 12.5. The number of rotatable bonds is 6. The molecule has 0 aliphatic carbocycles. The second-order valence-electron chi connectivity index (χ2n) is 6.03. The first-order valence-electron chi connectivity index (χ1n) is 7.72. The normalized spacial score (nSPS) is 17.7. The number of ether oxygens (including phenoxy) is 1. The highest BCUT2D eigenvalue weighted by Crippen LogP contribution is 2.16. The lowest BCUT2D eigenvalue weighted by Gasteiger charge is -2.27. The van der Waals surface area contributed by atoms with Crippen molar-refractivity contribution in [2.75, 3.05) is 13.6 Å². The summed E-state index contributed by atoms with van der Waals surface area (Å²) in [5.41, 5.74) is 1.12. The predicted molar refractivity (Wildman–Crippen MR) is 84.3 cm³/mol. The van der Waals surface area contributed by atoms with Gasteiger partial charge in [0, 0.05) is 26.1 Å². The summed E-state index contributed by atoms with van der Waals surface area (Å²) in [6, 6.07) is 10.1. The molecule has 2 rings (SSSR count). The molecule has 1 fully saturated rings. The summed E-state index contributed by atoms with van der Waals surface area (Å²) in [7, 11) is 1.71. The molecule has 1 atom stereocenters. The van der Waals surface area contributed by atoms with Crippen molar-refractivity contribution >= 4 is 12.0 Å². The molecular formula is C17H24N2O3. The van der Waals surface area contributed by atoms with Crippen LogP contribution in [-0.2, 0) is 16.1 Å². The van der Waals surface area contributed by atoms with Crippen molar-refractivity contribution in [3.8, 4) is 0 Å². The highest BCUT2D eigenvalue weighted by Gasteiger charge is 2.29. The molecule has 1 unspecified atom stereocenters. The van der Waals surface area contributed by atoms with E-state index in [2.05, 4.69) is 0 Å². The molecule has 1 saturated heterocycles. The summed E-state index contributed by atoms with van der Waals surface area (Å²) < 4.78 is 5.20. The molecule has 1 heterocycles. The van der Waals surface area contributed by atoms with Gasteiger partial charge in [0.15, 0.2) is 0 Å². The van der Waals surface area contributed by atoms with E-state index in [1.54, 1.807) is 11.9 Å². The maximum absolute atomic E-state index is 12.5. The van der Waals surface area contributed by atoms with E-state index in [9.17, 15) is 9.59 Å². The SMILES string of the molecule is CC(C)N(Cc1ccccc1)C(=O)CCC1CN(C)C(=O)O1. The molecule has 2 amide bonds. The maximum Gasteiger partial charge on any atom is 0.409 e. The van der Waals surface area contributed by atoms with Gasteiger partial charge >= 0.3 is 6.09 Å². The third-order valence-corrected chi connectivity index (χ3v) is 3.88. The molecule has 0 saturated carbocycles. The number of carbonyl (C=O) groups excluding carboxylic acids is 2. The van der Waals surface area contributed by atoms with E-state index in [0.717, 1.165) is 5.56 Å². The summed E-state index contributed by atoms with van der Waals surface area (Å²) in [6.45, 7) is 5.21. The lowest BCUT2D eigenvalue weighted by Crippen LogP contribution is -2.36. The molecule has 1 aliphatic heterocycles. The minimum atomic E-state index is -0.303. The Balaban J connectivity index is 1.89. The molecule has 0 radical (unpaired) electrons.